The number of nitrogens with zero attached hydrogens (tertiary/aromatic N) is 1. The molecule has 0 aromatic heterocycles. The first-order valence-electron chi connectivity index (χ1n) is 10.9. The number of fused-ring (bicyclic) bond motifs is 2. The Balaban J connectivity index is 1.43. The van der Waals surface area contributed by atoms with Crippen molar-refractivity contribution in [3.05, 3.63) is 58.1 Å². The molecule has 2 unspecified atom stereocenters. The zero-order chi connectivity index (χ0) is 21.6. The molecule has 3 aliphatic rings. The van der Waals surface area contributed by atoms with Crippen LogP contribution < -0.4 is 9.47 Å². The molecule has 0 spiro atoms. The van der Waals surface area contributed by atoms with Crippen molar-refractivity contribution >= 4 is 11.8 Å². The monoisotopic (exact) mass is 449 g/mol. The predicted octanol–water partition coefficient (Wildman–Crippen LogP) is 5.82. The van der Waals surface area contributed by atoms with E-state index >= 15 is 0 Å². The molecule has 1 aliphatic carbocycles. The van der Waals surface area contributed by atoms with E-state index in [1.165, 1.54) is 11.6 Å². The zero-order valence-corrected chi connectivity index (χ0v) is 18.3. The van der Waals surface area contributed by atoms with E-state index in [4.69, 9.17) is 9.47 Å². The minimum atomic E-state index is -4.35. The lowest BCUT2D eigenvalue weighted by atomic mass is 9.96. The number of ether oxygens (including phenoxy) is 2. The summed E-state index contributed by atoms with van der Waals surface area (Å²) in [5.41, 5.74) is 2.84. The lowest BCUT2D eigenvalue weighted by Crippen LogP contribution is -2.33. The predicted molar refractivity (Wildman–Crippen MR) is 116 cm³/mol. The summed E-state index contributed by atoms with van der Waals surface area (Å²) in [5.74, 6) is 3.87. The number of rotatable bonds is 4. The Morgan fingerprint density at radius 3 is 2.68 bits per heavy atom. The first-order valence-corrected chi connectivity index (χ1v) is 12.0. The van der Waals surface area contributed by atoms with Gasteiger partial charge in [0.05, 0.1) is 12.2 Å². The maximum absolute atomic E-state index is 13.8. The van der Waals surface area contributed by atoms with E-state index in [2.05, 4.69) is 11.8 Å². The number of alkyl halides is 3. The molecule has 3 nitrogen and oxygen atoms in total. The molecule has 2 aromatic rings. The van der Waals surface area contributed by atoms with Gasteiger partial charge in [0.15, 0.2) is 0 Å². The van der Waals surface area contributed by atoms with Crippen LogP contribution in [-0.4, -0.2) is 36.1 Å². The Hall–Kier alpha value is -1.86. The average Bonchev–Trinajstić information content (AvgIpc) is 3.32. The highest BCUT2D eigenvalue weighted by atomic mass is 32.2. The lowest BCUT2D eigenvalue weighted by molar-refractivity contribution is -0.138. The maximum Gasteiger partial charge on any atom is 0.416 e. The molecule has 2 aliphatic heterocycles. The van der Waals surface area contributed by atoms with Crippen LogP contribution in [0.2, 0.25) is 0 Å². The van der Waals surface area contributed by atoms with Gasteiger partial charge >= 0.3 is 6.18 Å². The third-order valence-corrected chi connectivity index (χ3v) is 7.49. The van der Waals surface area contributed by atoms with Gasteiger partial charge in [-0.05, 0) is 41.7 Å². The molecule has 0 saturated carbocycles. The van der Waals surface area contributed by atoms with Gasteiger partial charge in [-0.2, -0.15) is 24.9 Å². The van der Waals surface area contributed by atoms with Crippen LogP contribution in [0.5, 0.6) is 11.5 Å². The Morgan fingerprint density at radius 2 is 1.90 bits per heavy atom. The number of thioether (sulfide) groups is 1. The van der Waals surface area contributed by atoms with E-state index in [1.807, 2.05) is 30.0 Å². The second-order valence-corrected chi connectivity index (χ2v) is 9.83. The second kappa shape index (κ2) is 8.24. The van der Waals surface area contributed by atoms with E-state index in [-0.39, 0.29) is 6.10 Å². The van der Waals surface area contributed by atoms with Gasteiger partial charge in [0.2, 0.25) is 0 Å². The van der Waals surface area contributed by atoms with Gasteiger partial charge in [-0.3, -0.25) is 4.90 Å². The van der Waals surface area contributed by atoms with E-state index in [0.29, 0.717) is 43.2 Å². The van der Waals surface area contributed by atoms with Crippen molar-refractivity contribution in [2.24, 2.45) is 0 Å². The normalized spacial score (nSPS) is 23.4. The summed E-state index contributed by atoms with van der Waals surface area (Å²) >= 11 is 1.86. The zero-order valence-electron chi connectivity index (χ0n) is 17.5. The SMILES string of the molecule is CC1COc2cc(OC3CCc4c3ccc(C(F)(F)F)c4CN3CCSCC3)ccc21. The molecular weight excluding hydrogens is 423 g/mol. The Morgan fingerprint density at radius 1 is 1.13 bits per heavy atom. The van der Waals surface area contributed by atoms with Crippen LogP contribution in [0, 0.1) is 0 Å². The summed E-state index contributed by atoms with van der Waals surface area (Å²) in [5, 5.41) is 0. The average molecular weight is 450 g/mol. The standard InChI is InChI=1S/C24H26F3NO2S/c1-15-14-29-23-12-16(2-3-17(15)23)30-22-7-5-18-19(22)4-6-21(24(25,26)27)20(18)13-28-8-10-31-11-9-28/h2-4,6,12,15,22H,5,7-11,13-14H2,1H3. The molecule has 166 valence electrons. The van der Waals surface area contributed by atoms with Gasteiger partial charge < -0.3 is 9.47 Å². The number of hydrogen-bond acceptors (Lipinski definition) is 4. The van der Waals surface area contributed by atoms with E-state index in [0.717, 1.165) is 41.5 Å². The van der Waals surface area contributed by atoms with Crippen molar-refractivity contribution in [2.45, 2.75) is 44.5 Å². The molecule has 0 radical (unpaired) electrons. The minimum Gasteiger partial charge on any atom is -0.493 e. The Labute approximate surface area is 184 Å². The van der Waals surface area contributed by atoms with Crippen molar-refractivity contribution < 1.29 is 22.6 Å². The Kier molecular flexibility index (Phi) is 5.59. The van der Waals surface area contributed by atoms with Gasteiger partial charge in [-0.1, -0.05) is 19.1 Å². The van der Waals surface area contributed by atoms with Crippen molar-refractivity contribution in [3.63, 3.8) is 0 Å². The first kappa shape index (κ1) is 21.0. The molecular formula is C24H26F3NO2S. The summed E-state index contributed by atoms with van der Waals surface area (Å²) < 4.78 is 53.4. The summed E-state index contributed by atoms with van der Waals surface area (Å²) in [6.07, 6.45) is -3.28. The fourth-order valence-corrected chi connectivity index (χ4v) is 5.86. The molecule has 0 bridgehead atoms. The minimum absolute atomic E-state index is 0.232. The van der Waals surface area contributed by atoms with Gasteiger partial charge in [-0.25, -0.2) is 0 Å². The number of halogens is 3. The molecule has 2 heterocycles. The highest BCUT2D eigenvalue weighted by molar-refractivity contribution is 7.99. The largest absolute Gasteiger partial charge is 0.493 e. The summed E-state index contributed by atoms with van der Waals surface area (Å²) in [4.78, 5) is 2.15. The quantitative estimate of drug-likeness (QED) is 0.587. The molecule has 2 atom stereocenters. The van der Waals surface area contributed by atoms with Crippen LogP contribution in [0.3, 0.4) is 0 Å². The van der Waals surface area contributed by atoms with Gasteiger partial charge in [-0.15, -0.1) is 0 Å². The fourth-order valence-electron chi connectivity index (χ4n) is 4.88. The molecule has 0 amide bonds. The third-order valence-electron chi connectivity index (χ3n) is 6.54. The van der Waals surface area contributed by atoms with Crippen LogP contribution in [0.1, 0.15) is 53.2 Å². The molecule has 7 heteroatoms. The number of benzene rings is 2. The summed E-state index contributed by atoms with van der Waals surface area (Å²) in [6.45, 7) is 4.82. The smallest absolute Gasteiger partial charge is 0.416 e. The topological polar surface area (TPSA) is 21.7 Å². The highest BCUT2D eigenvalue weighted by Gasteiger charge is 2.38. The highest BCUT2D eigenvalue weighted by Crippen LogP contribution is 2.44. The van der Waals surface area contributed by atoms with Crippen molar-refractivity contribution in [3.8, 4) is 11.5 Å². The van der Waals surface area contributed by atoms with Gasteiger partial charge in [0.1, 0.15) is 17.6 Å². The second-order valence-electron chi connectivity index (χ2n) is 8.60. The summed E-state index contributed by atoms with van der Waals surface area (Å²) in [7, 11) is 0. The van der Waals surface area contributed by atoms with Gasteiger partial charge in [0.25, 0.3) is 0 Å². The van der Waals surface area contributed by atoms with Crippen LogP contribution >= 0.6 is 11.8 Å². The van der Waals surface area contributed by atoms with E-state index < -0.39 is 11.7 Å². The summed E-state index contributed by atoms with van der Waals surface area (Å²) in [6, 6.07) is 8.76. The molecule has 0 N–H and O–H groups in total. The van der Waals surface area contributed by atoms with Crippen LogP contribution in [0.4, 0.5) is 13.2 Å². The maximum atomic E-state index is 13.8. The number of hydrogen-bond donors (Lipinski definition) is 0. The van der Waals surface area contributed by atoms with Gasteiger partial charge in [0, 0.05) is 48.7 Å². The Bertz CT molecular complexity index is 972. The van der Waals surface area contributed by atoms with E-state index in [1.54, 1.807) is 6.07 Å². The third kappa shape index (κ3) is 4.14. The van der Waals surface area contributed by atoms with Crippen molar-refractivity contribution in [1.29, 1.82) is 0 Å². The van der Waals surface area contributed by atoms with Crippen LogP contribution in [0.25, 0.3) is 0 Å². The molecule has 2 aromatic carbocycles. The first-order chi connectivity index (χ1) is 14.9. The van der Waals surface area contributed by atoms with Crippen LogP contribution in [-0.2, 0) is 19.1 Å². The van der Waals surface area contributed by atoms with Crippen molar-refractivity contribution in [2.75, 3.05) is 31.2 Å². The molecule has 1 saturated heterocycles. The van der Waals surface area contributed by atoms with Crippen molar-refractivity contribution in [1.82, 2.24) is 4.90 Å². The fraction of sp³-hybridized carbons (Fsp3) is 0.500. The molecule has 31 heavy (non-hydrogen) atoms. The molecule has 1 fully saturated rings. The molecule has 5 rings (SSSR count). The lowest BCUT2D eigenvalue weighted by Gasteiger charge is -2.28. The van der Waals surface area contributed by atoms with Crippen LogP contribution in [0.15, 0.2) is 30.3 Å². The van der Waals surface area contributed by atoms with E-state index in [9.17, 15) is 13.2 Å².